The van der Waals surface area contributed by atoms with E-state index in [0.717, 1.165) is 0 Å². The van der Waals surface area contributed by atoms with Crippen molar-refractivity contribution in [2.45, 2.75) is 91.0 Å². The molecule has 0 bridgehead atoms. The Morgan fingerprint density at radius 2 is 1.67 bits per heavy atom. The van der Waals surface area contributed by atoms with Gasteiger partial charge in [-0.25, -0.2) is 9.59 Å². The van der Waals surface area contributed by atoms with E-state index in [1.807, 2.05) is 0 Å². The smallest absolute Gasteiger partial charge is 0.407 e. The van der Waals surface area contributed by atoms with Crippen molar-refractivity contribution in [3.8, 4) is 5.75 Å². The lowest BCUT2D eigenvalue weighted by Crippen LogP contribution is -2.51. The molecule has 0 radical (unpaired) electrons. The fourth-order valence-electron chi connectivity index (χ4n) is 3.87. The number of nitrogens with one attached hydrogen (secondary N) is 4. The lowest BCUT2D eigenvalue weighted by molar-refractivity contribution is -0.141. The number of hydrogen-bond donors (Lipinski definition) is 8. The van der Waals surface area contributed by atoms with Crippen LogP contribution in [0.4, 0.5) is 15.3 Å². The summed E-state index contributed by atoms with van der Waals surface area (Å²) < 4.78 is 5.32. The normalized spacial score (nSPS) is 14.2. The van der Waals surface area contributed by atoms with E-state index in [1.165, 1.54) is 19.1 Å². The molecular formula is C28H46N6O8. The third-order valence-corrected chi connectivity index (χ3v) is 6.20. The Hall–Kier alpha value is -4.07. The van der Waals surface area contributed by atoms with Gasteiger partial charge in [-0.3, -0.25) is 14.4 Å². The molecule has 10 N–H and O–H groups in total. The second kappa shape index (κ2) is 16.4. The Morgan fingerprint density at radius 1 is 1.02 bits per heavy atom. The molecule has 0 aliphatic heterocycles. The largest absolute Gasteiger partial charge is 0.506 e. The Balaban J connectivity index is 3.14. The maximum Gasteiger partial charge on any atom is 0.407 e. The number of amides is 5. The second-order valence-corrected chi connectivity index (χ2v) is 11.6. The molecule has 236 valence electrons. The summed E-state index contributed by atoms with van der Waals surface area (Å²) in [5.74, 6) is -3.39. The van der Waals surface area contributed by atoms with Gasteiger partial charge in [0.05, 0.1) is 17.6 Å². The highest BCUT2D eigenvalue weighted by Gasteiger charge is 2.27. The van der Waals surface area contributed by atoms with E-state index in [-0.39, 0.29) is 43.2 Å². The maximum atomic E-state index is 13.2. The number of rotatable bonds is 15. The summed E-state index contributed by atoms with van der Waals surface area (Å²) in [6.07, 6.45) is 0.00627. The number of aromatic hydroxyl groups is 1. The van der Waals surface area contributed by atoms with Crippen LogP contribution < -0.4 is 32.7 Å². The highest BCUT2D eigenvalue weighted by atomic mass is 16.6. The number of anilines is 1. The maximum absolute atomic E-state index is 13.2. The first-order chi connectivity index (χ1) is 19.4. The van der Waals surface area contributed by atoms with Crippen LogP contribution in [-0.2, 0) is 25.5 Å². The summed E-state index contributed by atoms with van der Waals surface area (Å²) in [4.78, 5) is 60.7. The van der Waals surface area contributed by atoms with Crippen LogP contribution in [0.1, 0.15) is 66.4 Å². The van der Waals surface area contributed by atoms with Crippen LogP contribution >= 0.6 is 0 Å². The van der Waals surface area contributed by atoms with Crippen molar-refractivity contribution < 1.29 is 38.9 Å². The van der Waals surface area contributed by atoms with E-state index in [9.17, 15) is 34.2 Å². The zero-order valence-electron chi connectivity index (χ0n) is 25.2. The van der Waals surface area contributed by atoms with Crippen molar-refractivity contribution in [3.63, 3.8) is 0 Å². The molecule has 14 nitrogen and oxygen atoms in total. The average Bonchev–Trinajstić information content (AvgIpc) is 2.85. The fraction of sp³-hybridized carbons (Fsp3) is 0.607. The van der Waals surface area contributed by atoms with Crippen molar-refractivity contribution in [1.29, 1.82) is 0 Å². The molecule has 1 rings (SSSR count). The summed E-state index contributed by atoms with van der Waals surface area (Å²) >= 11 is 0. The van der Waals surface area contributed by atoms with Crippen LogP contribution in [0.5, 0.6) is 5.75 Å². The molecule has 0 spiro atoms. The predicted octanol–water partition coefficient (Wildman–Crippen LogP) is 1.79. The van der Waals surface area contributed by atoms with Gasteiger partial charge in [-0.2, -0.15) is 0 Å². The third-order valence-electron chi connectivity index (χ3n) is 6.20. The van der Waals surface area contributed by atoms with Gasteiger partial charge < -0.3 is 47.7 Å². The SMILES string of the molecule is CC(C)[C@H](N)C(=O)N[C@@H](CCCNC(N)=O)C(=O)Nc1cc(C[C@@H](C[C@H](C)C(=O)O)NC(=O)OC(C)(C)C)ccc1O. The fourth-order valence-corrected chi connectivity index (χ4v) is 3.87. The zero-order valence-corrected chi connectivity index (χ0v) is 25.2. The summed E-state index contributed by atoms with van der Waals surface area (Å²) in [5.41, 5.74) is 10.9. The molecule has 0 saturated heterocycles. The number of benzene rings is 1. The van der Waals surface area contributed by atoms with Crippen molar-refractivity contribution in [1.82, 2.24) is 16.0 Å². The number of phenols is 1. The van der Waals surface area contributed by atoms with Crippen LogP contribution in [0.3, 0.4) is 0 Å². The minimum Gasteiger partial charge on any atom is -0.506 e. The van der Waals surface area contributed by atoms with E-state index in [4.69, 9.17) is 16.2 Å². The number of carboxylic acids is 1. The van der Waals surface area contributed by atoms with Gasteiger partial charge in [-0.05, 0) is 70.1 Å². The number of urea groups is 1. The number of carboxylic acid groups (broad SMARTS) is 1. The molecule has 0 saturated carbocycles. The standard InChI is InChI=1S/C28H46N6O8/c1-15(2)22(29)24(37)33-19(8-7-11-31-26(30)40)23(36)34-20-14-17(9-10-21(20)35)13-18(12-16(3)25(38)39)32-27(41)42-28(4,5)6/h9-10,14-16,18-19,22,35H,7-8,11-13,29H2,1-6H3,(H,32,41)(H,33,37)(H,34,36)(H,38,39)(H3,30,31,40)/t16-,18+,19-,22-/m0/s1. The Labute approximate surface area is 246 Å². The van der Waals surface area contributed by atoms with Crippen molar-refractivity contribution in [2.24, 2.45) is 23.3 Å². The van der Waals surface area contributed by atoms with E-state index in [0.29, 0.717) is 12.0 Å². The molecule has 42 heavy (non-hydrogen) atoms. The van der Waals surface area contributed by atoms with Crippen LogP contribution in [0.25, 0.3) is 0 Å². The summed E-state index contributed by atoms with van der Waals surface area (Å²) in [6.45, 7) is 10.3. The molecular weight excluding hydrogens is 548 g/mol. The highest BCUT2D eigenvalue weighted by molar-refractivity contribution is 5.98. The second-order valence-electron chi connectivity index (χ2n) is 11.6. The molecule has 4 atom stereocenters. The monoisotopic (exact) mass is 594 g/mol. The number of carbonyl (C=O) groups excluding carboxylic acids is 4. The number of carbonyl (C=O) groups is 5. The molecule has 14 heteroatoms. The van der Waals surface area contributed by atoms with Crippen molar-refractivity contribution >= 4 is 35.6 Å². The lowest BCUT2D eigenvalue weighted by atomic mass is 9.96. The number of primary amides is 1. The summed E-state index contributed by atoms with van der Waals surface area (Å²) in [6, 6.07) is 1.17. The van der Waals surface area contributed by atoms with Gasteiger partial charge >= 0.3 is 18.1 Å². The number of alkyl carbamates (subject to hydrolysis) is 1. The first-order valence-corrected chi connectivity index (χ1v) is 13.8. The van der Waals surface area contributed by atoms with Crippen LogP contribution in [0.2, 0.25) is 0 Å². The molecule has 0 aliphatic rings. The van der Waals surface area contributed by atoms with Gasteiger partial charge in [-0.15, -0.1) is 0 Å². The highest BCUT2D eigenvalue weighted by Crippen LogP contribution is 2.26. The van der Waals surface area contributed by atoms with Gasteiger partial charge in [0.2, 0.25) is 11.8 Å². The molecule has 5 amide bonds. The van der Waals surface area contributed by atoms with Crippen LogP contribution in [0, 0.1) is 11.8 Å². The topological polar surface area (TPSA) is 235 Å². The van der Waals surface area contributed by atoms with Crippen molar-refractivity contribution in [2.75, 3.05) is 11.9 Å². The van der Waals surface area contributed by atoms with Gasteiger partial charge in [0.25, 0.3) is 0 Å². The molecule has 1 aromatic carbocycles. The summed E-state index contributed by atoms with van der Waals surface area (Å²) in [5, 5.41) is 30.2. The quantitative estimate of drug-likeness (QED) is 0.109. The number of phenolic OH excluding ortho intramolecular Hbond substituents is 1. The number of nitrogens with two attached hydrogens (primary N) is 2. The predicted molar refractivity (Wildman–Crippen MR) is 157 cm³/mol. The molecule has 1 aromatic rings. The lowest BCUT2D eigenvalue weighted by Gasteiger charge is -2.25. The van der Waals surface area contributed by atoms with Crippen LogP contribution in [-0.4, -0.2) is 70.4 Å². The van der Waals surface area contributed by atoms with Gasteiger partial charge in [-0.1, -0.05) is 26.8 Å². The van der Waals surface area contributed by atoms with E-state index in [1.54, 1.807) is 40.7 Å². The average molecular weight is 595 g/mol. The number of hydrogen-bond acceptors (Lipinski definition) is 8. The van der Waals surface area contributed by atoms with E-state index < -0.39 is 59.6 Å². The molecule has 0 fully saturated rings. The first kappa shape index (κ1) is 36.0. The Kier molecular flexibility index (Phi) is 14.0. The Bertz CT molecular complexity index is 1100. The number of ether oxygens (including phenoxy) is 1. The number of aliphatic carboxylic acids is 1. The van der Waals surface area contributed by atoms with E-state index >= 15 is 0 Å². The molecule has 0 unspecified atom stereocenters. The van der Waals surface area contributed by atoms with Crippen molar-refractivity contribution in [3.05, 3.63) is 23.8 Å². The van der Waals surface area contributed by atoms with E-state index in [2.05, 4.69) is 21.3 Å². The third kappa shape index (κ3) is 13.5. The van der Waals surface area contributed by atoms with Gasteiger partial charge in [0, 0.05) is 12.6 Å². The molecule has 0 aromatic heterocycles. The zero-order chi connectivity index (χ0) is 32.2. The molecule has 0 aliphatic carbocycles. The minimum absolute atomic E-state index is 0.0440. The minimum atomic E-state index is -1.04. The first-order valence-electron chi connectivity index (χ1n) is 13.8. The Morgan fingerprint density at radius 3 is 2.21 bits per heavy atom. The van der Waals surface area contributed by atoms with Crippen LogP contribution in [0.15, 0.2) is 18.2 Å². The summed E-state index contributed by atoms with van der Waals surface area (Å²) in [7, 11) is 0. The van der Waals surface area contributed by atoms with Gasteiger partial charge in [0.1, 0.15) is 17.4 Å². The van der Waals surface area contributed by atoms with Gasteiger partial charge in [0.15, 0.2) is 0 Å². The molecule has 0 heterocycles.